The molecule has 1 aromatic carbocycles. The normalized spacial score (nSPS) is 10.5. The van der Waals surface area contributed by atoms with Gasteiger partial charge in [-0.25, -0.2) is 4.79 Å². The highest BCUT2D eigenvalue weighted by Gasteiger charge is 2.12. The molecule has 2 aromatic heterocycles. The van der Waals surface area contributed by atoms with Crippen LogP contribution in [0.1, 0.15) is 23.0 Å². The molecular weight excluding hydrogens is 294 g/mol. The van der Waals surface area contributed by atoms with Crippen LogP contribution in [0.3, 0.4) is 0 Å². The van der Waals surface area contributed by atoms with Gasteiger partial charge in [0.15, 0.2) is 0 Å². The Bertz CT molecular complexity index is 865. The van der Waals surface area contributed by atoms with Gasteiger partial charge in [-0.15, -0.1) is 0 Å². The lowest BCUT2D eigenvalue weighted by Gasteiger charge is -2.06. The lowest BCUT2D eigenvalue weighted by molar-refractivity contribution is 0.102. The number of aromatic nitrogens is 2. The molecule has 0 saturated carbocycles. The Morgan fingerprint density at radius 2 is 2.04 bits per heavy atom. The molecule has 23 heavy (non-hydrogen) atoms. The maximum Gasteiger partial charge on any atom is 0.346 e. The molecule has 0 spiro atoms. The first-order chi connectivity index (χ1) is 11.2. The monoisotopic (exact) mass is 309 g/mol. The van der Waals surface area contributed by atoms with Crippen LogP contribution in [0.4, 0.5) is 5.69 Å². The molecule has 0 aliphatic carbocycles. The molecule has 1 amide bonds. The predicted molar refractivity (Wildman–Crippen MR) is 86.3 cm³/mol. The number of benzene rings is 1. The van der Waals surface area contributed by atoms with Crippen LogP contribution in [-0.2, 0) is 6.42 Å². The predicted octanol–water partition coefficient (Wildman–Crippen LogP) is 2.84. The van der Waals surface area contributed by atoms with Crippen LogP contribution in [0.25, 0.3) is 11.5 Å². The standard InChI is InChI=1S/C17H15N3O3/c1-2-11-5-7-12(8-6-11)18-16(21)14-10-13(19-17(22)20-14)15-4-3-9-23-15/h3-10H,2H2,1H3,(H,18,21)(H,19,20,22). The second kappa shape index (κ2) is 6.31. The lowest BCUT2D eigenvalue weighted by atomic mass is 10.1. The number of amides is 1. The summed E-state index contributed by atoms with van der Waals surface area (Å²) in [6.07, 6.45) is 2.42. The van der Waals surface area contributed by atoms with E-state index in [1.807, 2.05) is 24.3 Å². The SMILES string of the molecule is CCc1ccc(NC(=O)c2cc(-c3ccco3)[nH]c(=O)n2)cc1. The van der Waals surface area contributed by atoms with Crippen molar-refractivity contribution in [1.29, 1.82) is 0 Å². The largest absolute Gasteiger partial charge is 0.463 e. The number of hydrogen-bond donors (Lipinski definition) is 2. The second-order valence-corrected chi connectivity index (χ2v) is 4.97. The third kappa shape index (κ3) is 3.37. The summed E-state index contributed by atoms with van der Waals surface area (Å²) in [6.45, 7) is 2.06. The summed E-state index contributed by atoms with van der Waals surface area (Å²) in [5.74, 6) is 0.0130. The van der Waals surface area contributed by atoms with Gasteiger partial charge in [-0.2, -0.15) is 4.98 Å². The highest BCUT2D eigenvalue weighted by molar-refractivity contribution is 6.03. The first kappa shape index (κ1) is 14.8. The molecule has 0 bridgehead atoms. The third-order valence-electron chi connectivity index (χ3n) is 3.38. The van der Waals surface area contributed by atoms with E-state index in [1.165, 1.54) is 17.9 Å². The molecule has 0 aliphatic heterocycles. The fourth-order valence-electron chi connectivity index (χ4n) is 2.16. The molecule has 116 valence electrons. The summed E-state index contributed by atoms with van der Waals surface area (Å²) >= 11 is 0. The van der Waals surface area contributed by atoms with Gasteiger partial charge >= 0.3 is 5.69 Å². The number of nitrogens with one attached hydrogen (secondary N) is 2. The quantitative estimate of drug-likeness (QED) is 0.775. The molecule has 2 heterocycles. The number of H-pyrrole nitrogens is 1. The Morgan fingerprint density at radius 1 is 1.26 bits per heavy atom. The Hall–Kier alpha value is -3.15. The first-order valence-electron chi connectivity index (χ1n) is 7.21. The van der Waals surface area contributed by atoms with Crippen LogP contribution >= 0.6 is 0 Å². The van der Waals surface area contributed by atoms with Crippen LogP contribution in [0.5, 0.6) is 0 Å². The number of hydrogen-bond acceptors (Lipinski definition) is 4. The fraction of sp³-hybridized carbons (Fsp3) is 0.118. The fourth-order valence-corrected chi connectivity index (χ4v) is 2.16. The minimum atomic E-state index is -0.606. The summed E-state index contributed by atoms with van der Waals surface area (Å²) in [6, 6.07) is 12.4. The average molecular weight is 309 g/mol. The number of rotatable bonds is 4. The highest BCUT2D eigenvalue weighted by atomic mass is 16.3. The maximum absolute atomic E-state index is 12.3. The summed E-state index contributed by atoms with van der Waals surface area (Å²) in [5, 5.41) is 2.72. The van der Waals surface area contributed by atoms with Crippen molar-refractivity contribution in [2.75, 3.05) is 5.32 Å². The highest BCUT2D eigenvalue weighted by Crippen LogP contribution is 2.17. The number of aromatic amines is 1. The molecule has 0 unspecified atom stereocenters. The van der Waals surface area contributed by atoms with Crippen LogP contribution in [0.2, 0.25) is 0 Å². The van der Waals surface area contributed by atoms with E-state index in [4.69, 9.17) is 4.42 Å². The van der Waals surface area contributed by atoms with Gasteiger partial charge in [-0.05, 0) is 42.3 Å². The molecule has 3 aromatic rings. The summed E-state index contributed by atoms with van der Waals surface area (Å²) in [4.78, 5) is 30.2. The minimum Gasteiger partial charge on any atom is -0.463 e. The van der Waals surface area contributed by atoms with Gasteiger partial charge in [-0.1, -0.05) is 19.1 Å². The molecule has 0 fully saturated rings. The summed E-state index contributed by atoms with van der Waals surface area (Å²) in [5.41, 5.74) is 1.65. The minimum absolute atomic E-state index is 0.0275. The van der Waals surface area contributed by atoms with Crippen molar-refractivity contribution in [1.82, 2.24) is 9.97 Å². The van der Waals surface area contributed by atoms with E-state index in [2.05, 4.69) is 22.2 Å². The first-order valence-corrected chi connectivity index (χ1v) is 7.21. The maximum atomic E-state index is 12.3. The molecule has 6 heteroatoms. The average Bonchev–Trinajstić information content (AvgIpc) is 3.09. The summed E-state index contributed by atoms with van der Waals surface area (Å²) < 4.78 is 5.22. The van der Waals surface area contributed by atoms with E-state index in [0.717, 1.165) is 6.42 Å². The zero-order valence-corrected chi connectivity index (χ0v) is 12.5. The van der Waals surface area contributed by atoms with Crippen molar-refractivity contribution >= 4 is 11.6 Å². The van der Waals surface area contributed by atoms with Crippen molar-refractivity contribution in [3.05, 3.63) is 70.5 Å². The van der Waals surface area contributed by atoms with E-state index < -0.39 is 11.6 Å². The van der Waals surface area contributed by atoms with E-state index in [1.54, 1.807) is 12.1 Å². The van der Waals surface area contributed by atoms with Crippen LogP contribution in [0, 0.1) is 0 Å². The van der Waals surface area contributed by atoms with Gasteiger partial charge in [-0.3, -0.25) is 4.79 Å². The number of anilines is 1. The van der Waals surface area contributed by atoms with Gasteiger partial charge in [0.2, 0.25) is 0 Å². The van der Waals surface area contributed by atoms with Crippen molar-refractivity contribution in [3.63, 3.8) is 0 Å². The summed E-state index contributed by atoms with van der Waals surface area (Å²) in [7, 11) is 0. The molecule has 0 radical (unpaired) electrons. The topological polar surface area (TPSA) is 88.0 Å². The second-order valence-electron chi connectivity index (χ2n) is 4.97. The van der Waals surface area contributed by atoms with Crippen LogP contribution in [-0.4, -0.2) is 15.9 Å². The van der Waals surface area contributed by atoms with Crippen molar-refractivity contribution < 1.29 is 9.21 Å². The van der Waals surface area contributed by atoms with E-state index in [-0.39, 0.29) is 5.69 Å². The number of carbonyl (C=O) groups is 1. The van der Waals surface area contributed by atoms with E-state index in [0.29, 0.717) is 17.1 Å². The molecular formula is C17H15N3O3. The molecule has 0 aliphatic rings. The Kier molecular flexibility index (Phi) is 4.05. The molecule has 0 saturated heterocycles. The number of carbonyl (C=O) groups excluding carboxylic acids is 1. The Morgan fingerprint density at radius 3 is 2.70 bits per heavy atom. The number of aryl methyl sites for hydroxylation is 1. The number of furan rings is 1. The number of nitrogens with zero attached hydrogens (tertiary/aromatic N) is 1. The molecule has 0 atom stereocenters. The Labute approximate surface area is 132 Å². The van der Waals surface area contributed by atoms with Gasteiger partial charge in [0.1, 0.15) is 11.5 Å². The van der Waals surface area contributed by atoms with Crippen molar-refractivity contribution in [2.45, 2.75) is 13.3 Å². The van der Waals surface area contributed by atoms with Crippen LogP contribution in [0.15, 0.2) is 57.9 Å². The van der Waals surface area contributed by atoms with Crippen molar-refractivity contribution in [3.8, 4) is 11.5 Å². The molecule has 2 N–H and O–H groups in total. The molecule has 3 rings (SSSR count). The van der Waals surface area contributed by atoms with E-state index >= 15 is 0 Å². The smallest absolute Gasteiger partial charge is 0.346 e. The van der Waals surface area contributed by atoms with E-state index in [9.17, 15) is 9.59 Å². The lowest BCUT2D eigenvalue weighted by Crippen LogP contribution is -2.21. The van der Waals surface area contributed by atoms with Crippen molar-refractivity contribution in [2.24, 2.45) is 0 Å². The third-order valence-corrected chi connectivity index (χ3v) is 3.38. The zero-order valence-electron chi connectivity index (χ0n) is 12.5. The Balaban J connectivity index is 1.85. The van der Waals surface area contributed by atoms with Gasteiger partial charge in [0.05, 0.1) is 12.0 Å². The van der Waals surface area contributed by atoms with Gasteiger partial charge in [0.25, 0.3) is 5.91 Å². The van der Waals surface area contributed by atoms with Crippen LogP contribution < -0.4 is 11.0 Å². The molecule has 6 nitrogen and oxygen atoms in total. The van der Waals surface area contributed by atoms with Gasteiger partial charge in [0, 0.05) is 5.69 Å². The van der Waals surface area contributed by atoms with Gasteiger partial charge < -0.3 is 14.7 Å². The zero-order chi connectivity index (χ0) is 16.2.